The maximum atomic E-state index is 12.9. The Kier molecular flexibility index (Phi) is 6.02. The summed E-state index contributed by atoms with van der Waals surface area (Å²) in [7, 11) is 0. The normalized spacial score (nSPS) is 14.9. The van der Waals surface area contributed by atoms with E-state index in [9.17, 15) is 4.79 Å². The second-order valence-electron chi connectivity index (χ2n) is 7.45. The van der Waals surface area contributed by atoms with Crippen molar-refractivity contribution in [2.45, 2.75) is 13.3 Å². The molecular weight excluding hydrogens is 382 g/mol. The molecule has 0 saturated carbocycles. The summed E-state index contributed by atoms with van der Waals surface area (Å²) in [5.74, 6) is -0.0305. The van der Waals surface area contributed by atoms with E-state index in [1.807, 2.05) is 42.5 Å². The van der Waals surface area contributed by atoms with Gasteiger partial charge in [0.15, 0.2) is 0 Å². The molecule has 1 fully saturated rings. The molecule has 0 aliphatic carbocycles. The van der Waals surface area contributed by atoms with Crippen molar-refractivity contribution in [3.63, 3.8) is 0 Å². The van der Waals surface area contributed by atoms with Crippen LogP contribution in [0, 0.1) is 0 Å². The third-order valence-corrected chi connectivity index (χ3v) is 5.86. The van der Waals surface area contributed by atoms with Gasteiger partial charge in [-0.15, -0.1) is 0 Å². The Morgan fingerprint density at radius 2 is 1.76 bits per heavy atom. The van der Waals surface area contributed by atoms with Crippen LogP contribution in [0.4, 0.5) is 11.4 Å². The number of fused-ring (bicyclic) bond motifs is 1. The monoisotopic (exact) mass is 407 g/mol. The molecule has 5 heteroatoms. The van der Waals surface area contributed by atoms with Crippen molar-refractivity contribution in [3.05, 3.63) is 71.2 Å². The van der Waals surface area contributed by atoms with Crippen molar-refractivity contribution in [2.75, 3.05) is 42.9 Å². The molecule has 0 unspecified atom stereocenters. The first-order valence-electron chi connectivity index (χ1n) is 10.2. The standard InChI is InChI=1S/C24H26ClN3O/c1-2-27-12-14-28(15-13-27)23-11-10-20(25)17-22(23)26-24(29)16-19-8-5-7-18-6-3-4-9-21(18)19/h3-11,17H,2,12-16H2,1H3,(H,26,29). The number of carbonyl (C=O) groups is 1. The van der Waals surface area contributed by atoms with Crippen LogP contribution in [-0.2, 0) is 11.2 Å². The highest BCUT2D eigenvalue weighted by atomic mass is 35.5. The number of hydrogen-bond acceptors (Lipinski definition) is 3. The third-order valence-electron chi connectivity index (χ3n) is 5.62. The van der Waals surface area contributed by atoms with E-state index < -0.39 is 0 Å². The molecule has 1 aliphatic heterocycles. The van der Waals surface area contributed by atoms with Crippen molar-refractivity contribution in [1.82, 2.24) is 4.90 Å². The lowest BCUT2D eigenvalue weighted by atomic mass is 10.0. The van der Waals surface area contributed by atoms with Crippen LogP contribution in [-0.4, -0.2) is 43.5 Å². The lowest BCUT2D eigenvalue weighted by molar-refractivity contribution is -0.115. The van der Waals surface area contributed by atoms with Gasteiger partial charge in [-0.25, -0.2) is 0 Å². The number of anilines is 2. The largest absolute Gasteiger partial charge is 0.367 e. The SMILES string of the molecule is CCN1CCN(c2ccc(Cl)cc2NC(=O)Cc2cccc3ccccc23)CC1. The zero-order valence-electron chi connectivity index (χ0n) is 16.7. The molecule has 3 aromatic rings. The van der Waals surface area contributed by atoms with Crippen LogP contribution in [0.15, 0.2) is 60.7 Å². The van der Waals surface area contributed by atoms with Crippen molar-refractivity contribution in [1.29, 1.82) is 0 Å². The number of benzene rings is 3. The molecule has 1 amide bonds. The molecule has 1 N–H and O–H groups in total. The Balaban J connectivity index is 1.53. The number of nitrogens with zero attached hydrogens (tertiary/aromatic N) is 2. The van der Waals surface area contributed by atoms with E-state index in [4.69, 9.17) is 11.6 Å². The second kappa shape index (κ2) is 8.85. The van der Waals surface area contributed by atoms with Gasteiger partial charge in [-0.2, -0.15) is 0 Å². The van der Waals surface area contributed by atoms with Crippen molar-refractivity contribution < 1.29 is 4.79 Å². The molecule has 4 nitrogen and oxygen atoms in total. The van der Waals surface area contributed by atoms with E-state index >= 15 is 0 Å². The number of carbonyl (C=O) groups excluding carboxylic acids is 1. The van der Waals surface area contributed by atoms with Crippen LogP contribution in [0.5, 0.6) is 0 Å². The first kappa shape index (κ1) is 19.7. The minimum atomic E-state index is -0.0305. The fourth-order valence-electron chi connectivity index (χ4n) is 4.00. The maximum Gasteiger partial charge on any atom is 0.228 e. The highest BCUT2D eigenvalue weighted by Gasteiger charge is 2.19. The van der Waals surface area contributed by atoms with Crippen LogP contribution in [0.25, 0.3) is 10.8 Å². The average molecular weight is 408 g/mol. The number of likely N-dealkylation sites (N-methyl/N-ethyl adjacent to an activating group) is 1. The Hall–Kier alpha value is -2.56. The van der Waals surface area contributed by atoms with Crippen LogP contribution >= 0.6 is 11.6 Å². The zero-order chi connectivity index (χ0) is 20.2. The predicted molar refractivity (Wildman–Crippen MR) is 122 cm³/mol. The summed E-state index contributed by atoms with van der Waals surface area (Å²) < 4.78 is 0. The predicted octanol–water partition coefficient (Wildman–Crippen LogP) is 4.82. The summed E-state index contributed by atoms with van der Waals surface area (Å²) in [6, 6.07) is 20.0. The van der Waals surface area contributed by atoms with E-state index in [0.29, 0.717) is 11.4 Å². The summed E-state index contributed by atoms with van der Waals surface area (Å²) in [5.41, 5.74) is 2.85. The molecule has 29 heavy (non-hydrogen) atoms. The maximum absolute atomic E-state index is 12.9. The summed E-state index contributed by atoms with van der Waals surface area (Å²) >= 11 is 6.25. The highest BCUT2D eigenvalue weighted by Crippen LogP contribution is 2.30. The van der Waals surface area contributed by atoms with Crippen LogP contribution < -0.4 is 10.2 Å². The molecular formula is C24H26ClN3O. The van der Waals surface area contributed by atoms with Crippen molar-refractivity contribution in [3.8, 4) is 0 Å². The van der Waals surface area contributed by atoms with E-state index in [2.05, 4.69) is 40.2 Å². The summed E-state index contributed by atoms with van der Waals surface area (Å²) in [5, 5.41) is 6.00. The van der Waals surface area contributed by atoms with Crippen molar-refractivity contribution >= 4 is 39.7 Å². The van der Waals surface area contributed by atoms with Gasteiger partial charge in [0.05, 0.1) is 17.8 Å². The Morgan fingerprint density at radius 3 is 2.55 bits per heavy atom. The van der Waals surface area contributed by atoms with Gasteiger partial charge in [-0.05, 0) is 41.1 Å². The number of piperazine rings is 1. The molecule has 1 heterocycles. The average Bonchev–Trinajstić information content (AvgIpc) is 2.74. The highest BCUT2D eigenvalue weighted by molar-refractivity contribution is 6.31. The molecule has 0 bridgehead atoms. The molecule has 150 valence electrons. The molecule has 0 radical (unpaired) electrons. The molecule has 1 saturated heterocycles. The first-order valence-corrected chi connectivity index (χ1v) is 10.5. The quantitative estimate of drug-likeness (QED) is 0.658. The Morgan fingerprint density at radius 1 is 1.00 bits per heavy atom. The molecule has 4 rings (SSSR count). The summed E-state index contributed by atoms with van der Waals surface area (Å²) in [6.45, 7) is 7.22. The molecule has 0 aromatic heterocycles. The van der Waals surface area contributed by atoms with E-state index in [1.165, 1.54) is 0 Å². The van der Waals surface area contributed by atoms with Gasteiger partial charge >= 0.3 is 0 Å². The summed E-state index contributed by atoms with van der Waals surface area (Å²) in [4.78, 5) is 17.7. The van der Waals surface area contributed by atoms with E-state index in [1.54, 1.807) is 0 Å². The van der Waals surface area contributed by atoms with Gasteiger partial charge in [-0.3, -0.25) is 4.79 Å². The molecule has 1 aliphatic rings. The number of nitrogens with one attached hydrogen (secondary N) is 1. The number of hydrogen-bond donors (Lipinski definition) is 1. The minimum absolute atomic E-state index is 0.0305. The van der Waals surface area contributed by atoms with Gasteiger partial charge in [0.1, 0.15) is 0 Å². The molecule has 0 spiro atoms. The Bertz CT molecular complexity index is 1010. The minimum Gasteiger partial charge on any atom is -0.367 e. The van der Waals surface area contributed by atoms with Gasteiger partial charge in [0.2, 0.25) is 5.91 Å². The molecule has 0 atom stereocenters. The second-order valence-corrected chi connectivity index (χ2v) is 7.88. The van der Waals surface area contributed by atoms with E-state index in [-0.39, 0.29) is 5.91 Å². The smallest absolute Gasteiger partial charge is 0.228 e. The lowest BCUT2D eigenvalue weighted by Crippen LogP contribution is -2.46. The third kappa shape index (κ3) is 4.55. The van der Waals surface area contributed by atoms with Gasteiger partial charge < -0.3 is 15.1 Å². The Labute approximate surface area is 177 Å². The zero-order valence-corrected chi connectivity index (χ0v) is 17.5. The summed E-state index contributed by atoms with van der Waals surface area (Å²) in [6.07, 6.45) is 0.330. The first-order chi connectivity index (χ1) is 14.1. The molecule has 3 aromatic carbocycles. The van der Waals surface area contributed by atoms with Gasteiger partial charge in [0.25, 0.3) is 0 Å². The number of halogens is 1. The van der Waals surface area contributed by atoms with E-state index in [0.717, 1.165) is 60.4 Å². The number of amides is 1. The topological polar surface area (TPSA) is 35.6 Å². The van der Waals surface area contributed by atoms with Crippen LogP contribution in [0.3, 0.4) is 0 Å². The van der Waals surface area contributed by atoms with Crippen LogP contribution in [0.1, 0.15) is 12.5 Å². The van der Waals surface area contributed by atoms with Gasteiger partial charge in [-0.1, -0.05) is 61.0 Å². The van der Waals surface area contributed by atoms with Crippen molar-refractivity contribution in [2.24, 2.45) is 0 Å². The van der Waals surface area contributed by atoms with Gasteiger partial charge in [0, 0.05) is 31.2 Å². The van der Waals surface area contributed by atoms with Crippen LogP contribution in [0.2, 0.25) is 5.02 Å². The fraction of sp³-hybridized carbons (Fsp3) is 0.292. The lowest BCUT2D eigenvalue weighted by Gasteiger charge is -2.36. The number of rotatable bonds is 5. The fourth-order valence-corrected chi connectivity index (χ4v) is 4.18.